The molecule has 0 aliphatic carbocycles. The zero-order chi connectivity index (χ0) is 19.3. The molecule has 0 heterocycles. The fourth-order valence-electron chi connectivity index (χ4n) is 2.33. The summed E-state index contributed by atoms with van der Waals surface area (Å²) in [5.74, 6) is -0.881. The summed E-state index contributed by atoms with van der Waals surface area (Å²) >= 11 is 8.51. The van der Waals surface area contributed by atoms with Gasteiger partial charge in [0.2, 0.25) is 0 Å². The van der Waals surface area contributed by atoms with Crippen LogP contribution in [0.5, 0.6) is 5.75 Å². The van der Waals surface area contributed by atoms with E-state index in [1.54, 1.807) is 18.2 Å². The van der Waals surface area contributed by atoms with E-state index >= 15 is 0 Å². The van der Waals surface area contributed by atoms with E-state index in [4.69, 9.17) is 22.1 Å². The van der Waals surface area contributed by atoms with Crippen LogP contribution in [-0.4, -0.2) is 29.2 Å². The van der Waals surface area contributed by atoms with E-state index in [2.05, 4.69) is 26.6 Å². The molecule has 0 saturated heterocycles. The number of carbonyl (C=O) groups excluding carboxylic acids is 1. The SMILES string of the molecule is COc1c(C)cc(Br)cc1C(=O)NC(=S)NCc1ccc(C(=O)O)cc1. The minimum Gasteiger partial charge on any atom is -0.496 e. The number of methoxy groups -OCH3 is 1. The Morgan fingerprint density at radius 2 is 1.88 bits per heavy atom. The van der Waals surface area contributed by atoms with E-state index in [0.717, 1.165) is 15.6 Å². The Kier molecular flexibility index (Phi) is 6.70. The summed E-state index contributed by atoms with van der Waals surface area (Å²) in [6, 6.07) is 9.90. The predicted molar refractivity (Wildman–Crippen MR) is 106 cm³/mol. The van der Waals surface area contributed by atoms with Crippen molar-refractivity contribution >= 4 is 45.1 Å². The molecule has 136 valence electrons. The third kappa shape index (κ3) is 5.03. The third-order valence-corrected chi connectivity index (χ3v) is 4.27. The highest BCUT2D eigenvalue weighted by molar-refractivity contribution is 9.10. The van der Waals surface area contributed by atoms with Gasteiger partial charge >= 0.3 is 5.97 Å². The number of aryl methyl sites for hydroxylation is 1. The van der Waals surface area contributed by atoms with Gasteiger partial charge < -0.3 is 15.2 Å². The van der Waals surface area contributed by atoms with Gasteiger partial charge in [0.1, 0.15) is 5.75 Å². The topological polar surface area (TPSA) is 87.7 Å². The molecule has 0 aliphatic rings. The first-order valence-corrected chi connectivity index (χ1v) is 8.77. The maximum absolute atomic E-state index is 12.5. The molecule has 0 radical (unpaired) electrons. The lowest BCUT2D eigenvalue weighted by atomic mass is 10.1. The molecule has 0 aromatic heterocycles. The van der Waals surface area contributed by atoms with Gasteiger partial charge in [-0.25, -0.2) is 4.79 Å². The fraction of sp³-hybridized carbons (Fsp3) is 0.167. The number of carbonyl (C=O) groups is 2. The second-order valence-electron chi connectivity index (χ2n) is 5.44. The number of benzene rings is 2. The van der Waals surface area contributed by atoms with Crippen molar-refractivity contribution in [2.75, 3.05) is 7.11 Å². The van der Waals surface area contributed by atoms with E-state index < -0.39 is 5.97 Å². The summed E-state index contributed by atoms with van der Waals surface area (Å²) in [6.45, 7) is 2.20. The van der Waals surface area contributed by atoms with Gasteiger partial charge in [0, 0.05) is 11.0 Å². The van der Waals surface area contributed by atoms with Crippen LogP contribution in [0, 0.1) is 6.92 Å². The number of thiocarbonyl (C=S) groups is 1. The summed E-state index contributed by atoms with van der Waals surface area (Å²) in [6.07, 6.45) is 0. The first-order valence-electron chi connectivity index (χ1n) is 7.57. The number of rotatable bonds is 5. The highest BCUT2D eigenvalue weighted by Crippen LogP contribution is 2.27. The maximum Gasteiger partial charge on any atom is 0.335 e. The Morgan fingerprint density at radius 1 is 1.23 bits per heavy atom. The molecule has 26 heavy (non-hydrogen) atoms. The highest BCUT2D eigenvalue weighted by Gasteiger charge is 2.16. The molecule has 1 amide bonds. The molecule has 2 aromatic rings. The number of carboxylic acid groups (broad SMARTS) is 1. The van der Waals surface area contributed by atoms with Crippen molar-refractivity contribution in [3.05, 3.63) is 63.1 Å². The van der Waals surface area contributed by atoms with Crippen LogP contribution < -0.4 is 15.4 Å². The molecule has 0 saturated carbocycles. The summed E-state index contributed by atoms with van der Waals surface area (Å²) in [5, 5.41) is 14.6. The molecular weight excluding hydrogens is 420 g/mol. The van der Waals surface area contributed by atoms with Crippen LogP contribution in [0.3, 0.4) is 0 Å². The summed E-state index contributed by atoms with van der Waals surface area (Å²) in [4.78, 5) is 23.3. The van der Waals surface area contributed by atoms with Crippen molar-refractivity contribution in [2.24, 2.45) is 0 Å². The van der Waals surface area contributed by atoms with Crippen molar-refractivity contribution in [1.29, 1.82) is 0 Å². The Hall–Kier alpha value is -2.45. The van der Waals surface area contributed by atoms with Crippen molar-refractivity contribution in [2.45, 2.75) is 13.5 Å². The average molecular weight is 437 g/mol. The molecule has 0 bridgehead atoms. The molecule has 8 heteroatoms. The van der Waals surface area contributed by atoms with Crippen LogP contribution in [-0.2, 0) is 6.54 Å². The average Bonchev–Trinajstić information content (AvgIpc) is 2.59. The Morgan fingerprint density at radius 3 is 2.46 bits per heavy atom. The Labute approximate surface area is 164 Å². The predicted octanol–water partition coefficient (Wildman–Crippen LogP) is 3.27. The highest BCUT2D eigenvalue weighted by atomic mass is 79.9. The first kappa shape index (κ1) is 19.9. The number of amides is 1. The first-order chi connectivity index (χ1) is 12.3. The number of hydrogen-bond donors (Lipinski definition) is 3. The Bertz CT molecular complexity index is 853. The van der Waals surface area contributed by atoms with Crippen LogP contribution in [0.25, 0.3) is 0 Å². The molecule has 3 N–H and O–H groups in total. The molecule has 0 unspecified atom stereocenters. The molecule has 2 aromatic carbocycles. The Balaban J connectivity index is 1.99. The molecule has 0 aliphatic heterocycles. The molecule has 0 fully saturated rings. The lowest BCUT2D eigenvalue weighted by Crippen LogP contribution is -2.39. The smallest absolute Gasteiger partial charge is 0.335 e. The van der Waals surface area contributed by atoms with Gasteiger partial charge in [0.25, 0.3) is 5.91 Å². The number of halogens is 1. The maximum atomic E-state index is 12.5. The van der Waals surface area contributed by atoms with Gasteiger partial charge in [0.05, 0.1) is 18.2 Å². The summed E-state index contributed by atoms with van der Waals surface area (Å²) in [7, 11) is 1.50. The number of hydrogen-bond acceptors (Lipinski definition) is 4. The van der Waals surface area contributed by atoms with Crippen molar-refractivity contribution in [1.82, 2.24) is 10.6 Å². The number of carboxylic acids is 1. The van der Waals surface area contributed by atoms with Gasteiger partial charge in [-0.1, -0.05) is 28.1 Å². The quantitative estimate of drug-likeness (QED) is 0.623. The molecule has 0 atom stereocenters. The van der Waals surface area contributed by atoms with Crippen LogP contribution in [0.15, 0.2) is 40.9 Å². The van der Waals surface area contributed by atoms with E-state index in [1.807, 2.05) is 13.0 Å². The monoisotopic (exact) mass is 436 g/mol. The van der Waals surface area contributed by atoms with Gasteiger partial charge in [-0.2, -0.15) is 0 Å². The zero-order valence-electron chi connectivity index (χ0n) is 14.1. The molecule has 6 nitrogen and oxygen atoms in total. The summed E-state index contributed by atoms with van der Waals surface area (Å²) < 4.78 is 6.06. The number of nitrogens with one attached hydrogen (secondary N) is 2. The van der Waals surface area contributed by atoms with E-state index in [-0.39, 0.29) is 16.6 Å². The van der Waals surface area contributed by atoms with Crippen LogP contribution in [0.4, 0.5) is 0 Å². The van der Waals surface area contributed by atoms with E-state index in [9.17, 15) is 9.59 Å². The van der Waals surface area contributed by atoms with Crippen LogP contribution >= 0.6 is 28.1 Å². The molecule has 0 spiro atoms. The van der Waals surface area contributed by atoms with Gasteiger partial charge in [0.15, 0.2) is 5.11 Å². The standard InChI is InChI=1S/C18H17BrN2O4S/c1-10-7-13(19)8-14(15(10)25-2)16(22)21-18(26)20-9-11-3-5-12(6-4-11)17(23)24/h3-8H,9H2,1-2H3,(H,23,24)(H2,20,21,22,26). The minimum atomic E-state index is -0.981. The number of aromatic carboxylic acids is 1. The third-order valence-electron chi connectivity index (χ3n) is 3.57. The summed E-state index contributed by atoms with van der Waals surface area (Å²) in [5.41, 5.74) is 2.24. The lowest BCUT2D eigenvalue weighted by molar-refractivity contribution is 0.0696. The van der Waals surface area contributed by atoms with Crippen molar-refractivity contribution in [3.8, 4) is 5.75 Å². The second kappa shape index (κ2) is 8.77. The fourth-order valence-corrected chi connectivity index (χ4v) is 3.07. The largest absolute Gasteiger partial charge is 0.496 e. The van der Waals surface area contributed by atoms with Crippen molar-refractivity contribution < 1.29 is 19.4 Å². The lowest BCUT2D eigenvalue weighted by Gasteiger charge is -2.14. The number of ether oxygens (including phenoxy) is 1. The van der Waals surface area contributed by atoms with Gasteiger partial charge in [-0.15, -0.1) is 0 Å². The molecular formula is C18H17BrN2O4S. The van der Waals surface area contributed by atoms with Gasteiger partial charge in [-0.3, -0.25) is 10.1 Å². The van der Waals surface area contributed by atoms with Crippen molar-refractivity contribution in [3.63, 3.8) is 0 Å². The van der Waals surface area contributed by atoms with E-state index in [1.165, 1.54) is 19.2 Å². The zero-order valence-corrected chi connectivity index (χ0v) is 16.5. The molecule has 2 rings (SSSR count). The minimum absolute atomic E-state index is 0.164. The normalized spacial score (nSPS) is 10.1. The van der Waals surface area contributed by atoms with Crippen LogP contribution in [0.1, 0.15) is 31.8 Å². The van der Waals surface area contributed by atoms with E-state index in [0.29, 0.717) is 17.9 Å². The van der Waals surface area contributed by atoms with Crippen LogP contribution in [0.2, 0.25) is 0 Å². The second-order valence-corrected chi connectivity index (χ2v) is 6.77. The van der Waals surface area contributed by atoms with Gasteiger partial charge in [-0.05, 0) is 54.5 Å².